The number of morpholine rings is 1. The van der Waals surface area contributed by atoms with Crippen LogP contribution in [-0.2, 0) is 11.2 Å². The Labute approximate surface area is 174 Å². The van der Waals surface area contributed by atoms with Gasteiger partial charge in [-0.1, -0.05) is 6.07 Å². The first-order valence-corrected chi connectivity index (χ1v) is 10.2. The number of ether oxygens (including phenoxy) is 1. The highest BCUT2D eigenvalue weighted by molar-refractivity contribution is 5.54. The number of hydrogen-bond donors (Lipinski definition) is 0. The molecule has 1 atom stereocenters. The summed E-state index contributed by atoms with van der Waals surface area (Å²) in [6.45, 7) is 5.51. The van der Waals surface area contributed by atoms with Crippen molar-refractivity contribution in [2.75, 3.05) is 42.6 Å². The highest BCUT2D eigenvalue weighted by atomic mass is 19.1. The topological polar surface area (TPSA) is 67.3 Å². The third-order valence-electron chi connectivity index (χ3n) is 5.69. The molecule has 2 aliphatic rings. The van der Waals surface area contributed by atoms with Gasteiger partial charge in [0, 0.05) is 56.1 Å². The molecule has 0 aliphatic carbocycles. The van der Waals surface area contributed by atoms with Crippen molar-refractivity contribution >= 4 is 11.6 Å². The molecule has 1 saturated heterocycles. The quantitative estimate of drug-likeness (QED) is 0.662. The average Bonchev–Trinajstić information content (AvgIpc) is 2.80. The van der Waals surface area contributed by atoms with Crippen molar-refractivity contribution < 1.29 is 9.13 Å². The molecular weight excluding hydrogens is 383 g/mol. The molecule has 3 aromatic heterocycles. The Morgan fingerprint density at radius 2 is 1.87 bits per heavy atom. The SMILES string of the molecule is CC1c2cnc(-c3ccccn3)nc2CCN1c1cc(F)cc(N2CCOCC2)n1. The highest BCUT2D eigenvalue weighted by Gasteiger charge is 2.28. The van der Waals surface area contributed by atoms with Crippen LogP contribution in [0, 0.1) is 5.82 Å². The molecule has 0 radical (unpaired) electrons. The zero-order valence-electron chi connectivity index (χ0n) is 16.8. The summed E-state index contributed by atoms with van der Waals surface area (Å²) in [5, 5.41) is 0. The third-order valence-corrected chi connectivity index (χ3v) is 5.69. The highest BCUT2D eigenvalue weighted by Crippen LogP contribution is 2.33. The minimum atomic E-state index is -0.277. The van der Waals surface area contributed by atoms with Crippen molar-refractivity contribution in [3.05, 3.63) is 59.8 Å². The lowest BCUT2D eigenvalue weighted by Gasteiger charge is -2.36. The number of anilines is 2. The van der Waals surface area contributed by atoms with Crippen LogP contribution in [0.5, 0.6) is 0 Å². The van der Waals surface area contributed by atoms with Crippen LogP contribution >= 0.6 is 0 Å². The van der Waals surface area contributed by atoms with Gasteiger partial charge in [0.2, 0.25) is 0 Å². The zero-order chi connectivity index (χ0) is 20.5. The number of aromatic nitrogens is 4. The Morgan fingerprint density at radius 3 is 2.67 bits per heavy atom. The van der Waals surface area contributed by atoms with E-state index in [1.54, 1.807) is 6.20 Å². The molecule has 8 heteroatoms. The fourth-order valence-corrected chi connectivity index (χ4v) is 4.07. The standard InChI is InChI=1S/C22H23FN6O/c1-15-17-14-25-22(19-4-2-3-6-24-19)26-18(17)5-7-29(15)21-13-16(23)12-20(27-21)28-8-10-30-11-9-28/h2-4,6,12-15H,5,7-11H2,1H3. The van der Waals surface area contributed by atoms with Crippen molar-refractivity contribution in [1.82, 2.24) is 19.9 Å². The zero-order valence-corrected chi connectivity index (χ0v) is 16.8. The van der Waals surface area contributed by atoms with E-state index >= 15 is 0 Å². The first-order chi connectivity index (χ1) is 14.7. The van der Waals surface area contributed by atoms with E-state index in [2.05, 4.69) is 26.7 Å². The Morgan fingerprint density at radius 1 is 1.03 bits per heavy atom. The largest absolute Gasteiger partial charge is 0.378 e. The molecule has 0 spiro atoms. The van der Waals surface area contributed by atoms with Crippen LogP contribution < -0.4 is 9.80 Å². The minimum absolute atomic E-state index is 0.00151. The van der Waals surface area contributed by atoms with Gasteiger partial charge in [-0.05, 0) is 19.1 Å². The maximum absolute atomic E-state index is 14.4. The van der Waals surface area contributed by atoms with Crippen LogP contribution in [0.2, 0.25) is 0 Å². The molecule has 1 unspecified atom stereocenters. The molecule has 2 aliphatic heterocycles. The van der Waals surface area contributed by atoms with Gasteiger partial charge in [-0.15, -0.1) is 0 Å². The van der Waals surface area contributed by atoms with E-state index < -0.39 is 0 Å². The van der Waals surface area contributed by atoms with Crippen molar-refractivity contribution in [3.63, 3.8) is 0 Å². The summed E-state index contributed by atoms with van der Waals surface area (Å²) in [5.41, 5.74) is 2.82. The lowest BCUT2D eigenvalue weighted by atomic mass is 9.99. The molecule has 7 nitrogen and oxygen atoms in total. The fraction of sp³-hybridized carbons (Fsp3) is 0.364. The number of pyridine rings is 2. The van der Waals surface area contributed by atoms with Gasteiger partial charge in [0.25, 0.3) is 0 Å². The predicted molar refractivity (Wildman–Crippen MR) is 112 cm³/mol. The van der Waals surface area contributed by atoms with Gasteiger partial charge in [-0.25, -0.2) is 19.3 Å². The van der Waals surface area contributed by atoms with Gasteiger partial charge >= 0.3 is 0 Å². The van der Waals surface area contributed by atoms with Gasteiger partial charge in [0.1, 0.15) is 23.1 Å². The monoisotopic (exact) mass is 406 g/mol. The van der Waals surface area contributed by atoms with E-state index in [1.165, 1.54) is 12.1 Å². The van der Waals surface area contributed by atoms with Gasteiger partial charge in [-0.3, -0.25) is 4.98 Å². The number of nitrogens with zero attached hydrogens (tertiary/aromatic N) is 6. The Kier molecular flexibility index (Phi) is 5.00. The lowest BCUT2D eigenvalue weighted by molar-refractivity contribution is 0.122. The second-order valence-corrected chi connectivity index (χ2v) is 7.53. The smallest absolute Gasteiger partial charge is 0.178 e. The normalized spacial score (nSPS) is 18.9. The van der Waals surface area contributed by atoms with Crippen molar-refractivity contribution in [1.29, 1.82) is 0 Å². The van der Waals surface area contributed by atoms with Crippen LogP contribution in [-0.4, -0.2) is 52.8 Å². The van der Waals surface area contributed by atoms with E-state index in [4.69, 9.17) is 14.7 Å². The number of halogens is 1. The Balaban J connectivity index is 1.43. The van der Waals surface area contributed by atoms with Gasteiger partial charge in [0.05, 0.1) is 24.9 Å². The first-order valence-electron chi connectivity index (χ1n) is 10.2. The van der Waals surface area contributed by atoms with Gasteiger partial charge < -0.3 is 14.5 Å². The van der Waals surface area contributed by atoms with Crippen LogP contribution in [0.15, 0.2) is 42.7 Å². The molecule has 0 amide bonds. The molecule has 1 fully saturated rings. The Hall–Kier alpha value is -3.13. The Bertz CT molecular complexity index is 1040. The molecule has 0 N–H and O–H groups in total. The number of hydrogen-bond acceptors (Lipinski definition) is 7. The molecule has 154 valence electrons. The summed E-state index contributed by atoms with van der Waals surface area (Å²) in [7, 11) is 0. The third kappa shape index (κ3) is 3.59. The van der Waals surface area contributed by atoms with Crippen LogP contribution in [0.3, 0.4) is 0 Å². The number of rotatable bonds is 3. The van der Waals surface area contributed by atoms with E-state index in [-0.39, 0.29) is 11.9 Å². The first kappa shape index (κ1) is 18.9. The van der Waals surface area contributed by atoms with Crippen LogP contribution in [0.1, 0.15) is 24.2 Å². The second kappa shape index (κ2) is 7.95. The van der Waals surface area contributed by atoms with Gasteiger partial charge in [0.15, 0.2) is 5.82 Å². The maximum Gasteiger partial charge on any atom is 0.178 e. The van der Waals surface area contributed by atoms with Crippen molar-refractivity contribution in [2.24, 2.45) is 0 Å². The van der Waals surface area contributed by atoms with Crippen molar-refractivity contribution in [3.8, 4) is 11.5 Å². The summed E-state index contributed by atoms with van der Waals surface area (Å²) in [6.07, 6.45) is 4.35. The molecule has 5 heterocycles. The fourth-order valence-electron chi connectivity index (χ4n) is 4.07. The molecule has 0 aromatic carbocycles. The van der Waals surface area contributed by atoms with Crippen molar-refractivity contribution in [2.45, 2.75) is 19.4 Å². The van der Waals surface area contributed by atoms with Gasteiger partial charge in [-0.2, -0.15) is 0 Å². The lowest BCUT2D eigenvalue weighted by Crippen LogP contribution is -2.38. The predicted octanol–water partition coefficient (Wildman–Crippen LogP) is 3.03. The van der Waals surface area contributed by atoms with Crippen LogP contribution in [0.25, 0.3) is 11.5 Å². The van der Waals surface area contributed by atoms with E-state index in [0.717, 1.165) is 36.5 Å². The summed E-state index contributed by atoms with van der Waals surface area (Å²) < 4.78 is 19.8. The van der Waals surface area contributed by atoms with E-state index in [9.17, 15) is 4.39 Å². The second-order valence-electron chi connectivity index (χ2n) is 7.53. The minimum Gasteiger partial charge on any atom is -0.378 e. The molecule has 3 aromatic rings. The molecule has 0 saturated carbocycles. The molecule has 30 heavy (non-hydrogen) atoms. The summed E-state index contributed by atoms with van der Waals surface area (Å²) in [5.74, 6) is 1.66. The summed E-state index contributed by atoms with van der Waals surface area (Å²) in [4.78, 5) is 22.6. The molecular formula is C22H23FN6O. The van der Waals surface area contributed by atoms with E-state index in [0.29, 0.717) is 37.2 Å². The molecule has 0 bridgehead atoms. The summed E-state index contributed by atoms with van der Waals surface area (Å²) in [6, 6.07) is 8.72. The average molecular weight is 406 g/mol. The molecule has 5 rings (SSSR count). The van der Waals surface area contributed by atoms with Crippen LogP contribution in [0.4, 0.5) is 16.0 Å². The number of fused-ring (bicyclic) bond motifs is 1. The summed E-state index contributed by atoms with van der Waals surface area (Å²) >= 11 is 0. The maximum atomic E-state index is 14.4. The van der Waals surface area contributed by atoms with E-state index in [1.807, 2.05) is 24.4 Å².